The lowest BCUT2D eigenvalue weighted by molar-refractivity contribution is 0.159. The first kappa shape index (κ1) is 15.4. The van der Waals surface area contributed by atoms with E-state index in [-0.39, 0.29) is 11.9 Å². The van der Waals surface area contributed by atoms with E-state index in [0.29, 0.717) is 30.6 Å². The van der Waals surface area contributed by atoms with Crippen LogP contribution in [0.1, 0.15) is 30.9 Å². The van der Waals surface area contributed by atoms with Gasteiger partial charge < -0.3 is 21.4 Å². The van der Waals surface area contributed by atoms with Crippen molar-refractivity contribution in [1.82, 2.24) is 5.32 Å². The number of halogens is 1. The van der Waals surface area contributed by atoms with E-state index >= 15 is 0 Å². The molecule has 5 nitrogen and oxygen atoms in total. The lowest BCUT2D eigenvalue weighted by Crippen LogP contribution is -2.20. The monoisotopic (exact) mass is 269 g/mol. The Morgan fingerprint density at radius 3 is 2.84 bits per heavy atom. The van der Waals surface area contributed by atoms with Crippen LogP contribution in [0.3, 0.4) is 0 Å². The molecule has 1 rings (SSSR count). The van der Waals surface area contributed by atoms with Gasteiger partial charge in [0, 0.05) is 12.1 Å². The fraction of sp³-hybridized carbons (Fsp3) is 0.462. The molecule has 0 aliphatic rings. The molecule has 19 heavy (non-hydrogen) atoms. The quantitative estimate of drug-likeness (QED) is 0.197. The summed E-state index contributed by atoms with van der Waals surface area (Å²) in [6, 6.07) is 4.25. The number of nitrogens with one attached hydrogen (secondary N) is 1. The maximum atomic E-state index is 13.4. The van der Waals surface area contributed by atoms with Crippen molar-refractivity contribution < 1.29 is 14.7 Å². The van der Waals surface area contributed by atoms with Gasteiger partial charge >= 0.3 is 0 Å². The van der Waals surface area contributed by atoms with Crippen LogP contribution in [0.4, 0.5) is 4.39 Å². The average molecular weight is 269 g/mol. The van der Waals surface area contributed by atoms with Gasteiger partial charge in [-0.05, 0) is 43.1 Å². The van der Waals surface area contributed by atoms with Crippen LogP contribution in [0.2, 0.25) is 0 Å². The van der Waals surface area contributed by atoms with Crippen LogP contribution >= 0.6 is 0 Å². The molecule has 6 heteroatoms. The van der Waals surface area contributed by atoms with Gasteiger partial charge in [0.2, 0.25) is 0 Å². The lowest BCUT2D eigenvalue weighted by atomic mass is 10.1. The van der Waals surface area contributed by atoms with Crippen molar-refractivity contribution in [2.24, 2.45) is 10.9 Å². The van der Waals surface area contributed by atoms with Crippen molar-refractivity contribution >= 4 is 5.84 Å². The second kappa shape index (κ2) is 7.70. The molecule has 1 atom stereocenters. The van der Waals surface area contributed by atoms with E-state index in [1.54, 1.807) is 6.07 Å². The molecule has 5 N–H and O–H groups in total. The Morgan fingerprint density at radius 1 is 1.47 bits per heavy atom. The summed E-state index contributed by atoms with van der Waals surface area (Å²) in [5.41, 5.74) is 6.47. The molecule has 0 saturated heterocycles. The summed E-state index contributed by atoms with van der Waals surface area (Å²) >= 11 is 0. The normalized spacial score (nSPS) is 13.5. The predicted molar refractivity (Wildman–Crippen MR) is 71.5 cm³/mol. The number of oxime groups is 1. The Balaban J connectivity index is 2.56. The van der Waals surface area contributed by atoms with Gasteiger partial charge in [-0.3, -0.25) is 0 Å². The maximum Gasteiger partial charge on any atom is 0.170 e. The van der Waals surface area contributed by atoms with Crippen LogP contribution in [-0.2, 0) is 6.54 Å². The van der Waals surface area contributed by atoms with Crippen LogP contribution in [0.5, 0.6) is 0 Å². The minimum absolute atomic E-state index is 0.123. The van der Waals surface area contributed by atoms with Crippen molar-refractivity contribution in [2.75, 3.05) is 6.54 Å². The van der Waals surface area contributed by atoms with Gasteiger partial charge in [0.1, 0.15) is 5.82 Å². The summed E-state index contributed by atoms with van der Waals surface area (Å²) in [4.78, 5) is 0. The highest BCUT2D eigenvalue weighted by molar-refractivity contribution is 5.97. The molecule has 0 aromatic heterocycles. The van der Waals surface area contributed by atoms with E-state index in [4.69, 9.17) is 10.9 Å². The van der Waals surface area contributed by atoms with Crippen molar-refractivity contribution in [3.63, 3.8) is 0 Å². The molecule has 1 aromatic rings. The highest BCUT2D eigenvalue weighted by atomic mass is 19.1. The second-order valence-electron chi connectivity index (χ2n) is 4.36. The number of amidine groups is 1. The summed E-state index contributed by atoms with van der Waals surface area (Å²) in [5.74, 6) is -0.559. The Hall–Kier alpha value is -1.66. The minimum Gasteiger partial charge on any atom is -0.409 e. The number of hydrogen-bond donors (Lipinski definition) is 4. The fourth-order valence-electron chi connectivity index (χ4n) is 1.66. The van der Waals surface area contributed by atoms with Crippen molar-refractivity contribution in [3.8, 4) is 0 Å². The molecule has 0 bridgehead atoms. The fourth-order valence-corrected chi connectivity index (χ4v) is 1.66. The number of hydrogen-bond acceptors (Lipinski definition) is 4. The van der Waals surface area contributed by atoms with Crippen LogP contribution in [0, 0.1) is 5.82 Å². The van der Waals surface area contributed by atoms with Crippen LogP contribution < -0.4 is 11.1 Å². The summed E-state index contributed by atoms with van der Waals surface area (Å²) < 4.78 is 13.4. The van der Waals surface area contributed by atoms with Crippen molar-refractivity contribution in [3.05, 3.63) is 35.1 Å². The second-order valence-corrected chi connectivity index (χ2v) is 4.36. The summed E-state index contributed by atoms with van der Waals surface area (Å²) in [7, 11) is 0. The molecule has 0 heterocycles. The van der Waals surface area contributed by atoms with Crippen LogP contribution in [-0.4, -0.2) is 28.8 Å². The van der Waals surface area contributed by atoms with Gasteiger partial charge in [0.15, 0.2) is 5.84 Å². The Labute approximate surface area is 111 Å². The number of nitrogens with zero attached hydrogens (tertiary/aromatic N) is 1. The molecule has 0 aliphatic heterocycles. The summed E-state index contributed by atoms with van der Waals surface area (Å²) in [5, 5.41) is 23.9. The number of benzene rings is 1. The predicted octanol–water partition coefficient (Wildman–Crippen LogP) is 1.17. The van der Waals surface area contributed by atoms with Gasteiger partial charge in [-0.1, -0.05) is 12.1 Å². The van der Waals surface area contributed by atoms with E-state index in [1.807, 2.05) is 6.92 Å². The SMILES string of the molecule is CCC(O)CCNCc1cc(F)cc(/C(N)=N/O)c1. The van der Waals surface area contributed by atoms with E-state index in [1.165, 1.54) is 12.1 Å². The average Bonchev–Trinajstić information content (AvgIpc) is 2.41. The molecule has 0 amide bonds. The molecule has 0 spiro atoms. The molecule has 0 radical (unpaired) electrons. The minimum atomic E-state index is -0.436. The third-order valence-electron chi connectivity index (χ3n) is 2.82. The van der Waals surface area contributed by atoms with Crippen molar-refractivity contribution in [1.29, 1.82) is 0 Å². The number of aliphatic hydroxyl groups excluding tert-OH is 1. The summed E-state index contributed by atoms with van der Waals surface area (Å²) in [6.45, 7) is 3.02. The van der Waals surface area contributed by atoms with E-state index < -0.39 is 5.82 Å². The molecule has 106 valence electrons. The Kier molecular flexibility index (Phi) is 6.24. The first-order valence-electron chi connectivity index (χ1n) is 6.23. The van der Waals surface area contributed by atoms with E-state index in [0.717, 1.165) is 6.42 Å². The van der Waals surface area contributed by atoms with Crippen LogP contribution in [0.25, 0.3) is 0 Å². The number of rotatable bonds is 7. The van der Waals surface area contributed by atoms with Gasteiger partial charge in [0.05, 0.1) is 6.10 Å². The number of aliphatic hydroxyl groups is 1. The third-order valence-corrected chi connectivity index (χ3v) is 2.82. The molecule has 0 aliphatic carbocycles. The maximum absolute atomic E-state index is 13.4. The summed E-state index contributed by atoms with van der Waals surface area (Å²) in [6.07, 6.45) is 1.06. The third kappa shape index (κ3) is 5.23. The molecule has 0 saturated carbocycles. The standard InChI is InChI=1S/C13H20FN3O2/c1-2-12(18)3-4-16-8-9-5-10(13(15)17-19)7-11(14)6-9/h5-7,12,16,18-19H,2-4,8H2,1H3,(H2,15,17). The molecule has 0 fully saturated rings. The van der Waals surface area contributed by atoms with Gasteiger partial charge in [0.25, 0.3) is 0 Å². The topological polar surface area (TPSA) is 90.9 Å². The molecular weight excluding hydrogens is 249 g/mol. The largest absolute Gasteiger partial charge is 0.409 e. The zero-order valence-corrected chi connectivity index (χ0v) is 10.9. The van der Waals surface area contributed by atoms with Gasteiger partial charge in [-0.2, -0.15) is 0 Å². The zero-order chi connectivity index (χ0) is 14.3. The van der Waals surface area contributed by atoms with Crippen molar-refractivity contribution in [2.45, 2.75) is 32.4 Å². The van der Waals surface area contributed by atoms with E-state index in [9.17, 15) is 9.50 Å². The highest BCUT2D eigenvalue weighted by Crippen LogP contribution is 2.09. The van der Waals surface area contributed by atoms with Gasteiger partial charge in [-0.25, -0.2) is 4.39 Å². The Bertz CT molecular complexity index is 438. The Morgan fingerprint density at radius 2 is 2.21 bits per heavy atom. The highest BCUT2D eigenvalue weighted by Gasteiger charge is 2.05. The molecule has 1 aromatic carbocycles. The lowest BCUT2D eigenvalue weighted by Gasteiger charge is -2.09. The number of nitrogens with two attached hydrogens (primary N) is 1. The van der Waals surface area contributed by atoms with Gasteiger partial charge in [-0.15, -0.1) is 0 Å². The molecule has 1 unspecified atom stereocenters. The smallest absolute Gasteiger partial charge is 0.170 e. The molecular formula is C13H20FN3O2. The zero-order valence-electron chi connectivity index (χ0n) is 10.9. The van der Waals surface area contributed by atoms with E-state index in [2.05, 4.69) is 10.5 Å². The van der Waals surface area contributed by atoms with Crippen LogP contribution in [0.15, 0.2) is 23.4 Å². The first-order valence-corrected chi connectivity index (χ1v) is 6.23. The first-order chi connectivity index (χ1) is 9.06.